The van der Waals surface area contributed by atoms with Crippen molar-refractivity contribution < 1.29 is 19.5 Å². The van der Waals surface area contributed by atoms with Crippen molar-refractivity contribution in [2.24, 2.45) is 0 Å². The number of amides is 3. The summed E-state index contributed by atoms with van der Waals surface area (Å²) >= 11 is 1.71. The highest BCUT2D eigenvalue weighted by molar-refractivity contribution is 7.98. The molecule has 1 rings (SSSR count). The van der Waals surface area contributed by atoms with Crippen LogP contribution in [0.15, 0.2) is 0 Å². The third kappa shape index (κ3) is 4.80. The van der Waals surface area contributed by atoms with Gasteiger partial charge in [0, 0.05) is 26.2 Å². The predicted octanol–water partition coefficient (Wildman–Crippen LogP) is 0.455. The summed E-state index contributed by atoms with van der Waals surface area (Å²) in [4.78, 5) is 38.2. The number of carboxylic acids is 1. The average Bonchev–Trinajstić information content (AvgIpc) is 2.44. The quantitative estimate of drug-likeness (QED) is 0.742. The number of hydrogen-bond acceptors (Lipinski definition) is 4. The topological polar surface area (TPSA) is 90.0 Å². The Labute approximate surface area is 129 Å². The summed E-state index contributed by atoms with van der Waals surface area (Å²) in [5, 5.41) is 11.5. The number of hydrogen-bond donors (Lipinski definition) is 2. The standard InChI is InChI=1S/C13H23N3O4S/c1-9(4-7-21-3)15(2)13(20)16-6-5-14-12(19)10(16)8-11(17)18/h9-10H,4-8H2,1-3H3,(H,14,19)(H,17,18). The van der Waals surface area contributed by atoms with Gasteiger partial charge in [-0.25, -0.2) is 4.79 Å². The smallest absolute Gasteiger partial charge is 0.320 e. The Morgan fingerprint density at radius 2 is 2.24 bits per heavy atom. The van der Waals surface area contributed by atoms with Gasteiger partial charge in [0.15, 0.2) is 0 Å². The van der Waals surface area contributed by atoms with E-state index in [1.807, 2.05) is 13.2 Å². The Hall–Kier alpha value is -1.44. The fourth-order valence-electron chi connectivity index (χ4n) is 2.19. The molecule has 1 saturated heterocycles. The van der Waals surface area contributed by atoms with Gasteiger partial charge in [-0.2, -0.15) is 11.8 Å². The summed E-state index contributed by atoms with van der Waals surface area (Å²) in [5.74, 6) is -0.548. The van der Waals surface area contributed by atoms with Crippen LogP contribution in [0, 0.1) is 0 Å². The summed E-state index contributed by atoms with van der Waals surface area (Å²) in [7, 11) is 1.69. The van der Waals surface area contributed by atoms with Crippen LogP contribution >= 0.6 is 11.8 Å². The first-order valence-corrected chi connectivity index (χ1v) is 8.29. The van der Waals surface area contributed by atoms with Crippen LogP contribution in [0.3, 0.4) is 0 Å². The van der Waals surface area contributed by atoms with Crippen molar-refractivity contribution in [3.8, 4) is 0 Å². The van der Waals surface area contributed by atoms with Crippen molar-refractivity contribution in [3.05, 3.63) is 0 Å². The van der Waals surface area contributed by atoms with Gasteiger partial charge in [0.25, 0.3) is 0 Å². The molecular weight excluding hydrogens is 294 g/mol. The number of nitrogens with one attached hydrogen (secondary N) is 1. The van der Waals surface area contributed by atoms with Crippen molar-refractivity contribution in [1.82, 2.24) is 15.1 Å². The molecule has 0 radical (unpaired) electrons. The van der Waals surface area contributed by atoms with Gasteiger partial charge in [0.2, 0.25) is 5.91 Å². The molecule has 0 spiro atoms. The normalized spacial score (nSPS) is 19.9. The van der Waals surface area contributed by atoms with Gasteiger partial charge in [-0.05, 0) is 25.4 Å². The summed E-state index contributed by atoms with van der Waals surface area (Å²) in [6.07, 6.45) is 2.49. The fraction of sp³-hybridized carbons (Fsp3) is 0.769. The molecular formula is C13H23N3O4S. The highest BCUT2D eigenvalue weighted by atomic mass is 32.2. The van der Waals surface area contributed by atoms with Gasteiger partial charge in [0.05, 0.1) is 6.42 Å². The SMILES string of the molecule is CSCCC(C)N(C)C(=O)N1CCNC(=O)C1CC(=O)O. The van der Waals surface area contributed by atoms with Crippen LogP contribution in [0.2, 0.25) is 0 Å². The number of carboxylic acid groups (broad SMARTS) is 1. The zero-order valence-electron chi connectivity index (χ0n) is 12.7. The zero-order valence-corrected chi connectivity index (χ0v) is 13.5. The maximum atomic E-state index is 12.5. The first-order valence-electron chi connectivity index (χ1n) is 6.90. The van der Waals surface area contributed by atoms with Crippen LogP contribution in [-0.4, -0.2) is 77.0 Å². The Morgan fingerprint density at radius 1 is 1.57 bits per heavy atom. The van der Waals surface area contributed by atoms with E-state index in [0.717, 1.165) is 12.2 Å². The molecule has 2 N–H and O–H groups in total. The van der Waals surface area contributed by atoms with Gasteiger partial charge < -0.3 is 20.2 Å². The second-order valence-corrected chi connectivity index (χ2v) is 6.11. The molecule has 2 unspecified atom stereocenters. The molecule has 120 valence electrons. The monoisotopic (exact) mass is 317 g/mol. The maximum absolute atomic E-state index is 12.5. The van der Waals surface area contributed by atoms with Crippen LogP contribution in [0.4, 0.5) is 4.79 Å². The minimum absolute atomic E-state index is 0.0421. The van der Waals surface area contributed by atoms with E-state index in [4.69, 9.17) is 5.11 Å². The van der Waals surface area contributed by atoms with E-state index in [1.165, 1.54) is 4.90 Å². The molecule has 1 aliphatic heterocycles. The number of thioether (sulfide) groups is 1. The largest absolute Gasteiger partial charge is 0.481 e. The fourth-order valence-corrected chi connectivity index (χ4v) is 2.76. The maximum Gasteiger partial charge on any atom is 0.320 e. The molecule has 3 amide bonds. The molecule has 21 heavy (non-hydrogen) atoms. The molecule has 0 aromatic rings. The lowest BCUT2D eigenvalue weighted by Gasteiger charge is -2.38. The number of aliphatic carboxylic acids is 1. The number of carbonyl (C=O) groups excluding carboxylic acids is 2. The summed E-state index contributed by atoms with van der Waals surface area (Å²) in [5.41, 5.74) is 0. The Bertz CT molecular complexity index is 405. The molecule has 0 saturated carbocycles. The van der Waals surface area contributed by atoms with Crippen molar-refractivity contribution in [2.45, 2.75) is 31.8 Å². The molecule has 1 heterocycles. The van der Waals surface area contributed by atoms with E-state index >= 15 is 0 Å². The van der Waals surface area contributed by atoms with Gasteiger partial charge >= 0.3 is 12.0 Å². The van der Waals surface area contributed by atoms with Crippen molar-refractivity contribution in [3.63, 3.8) is 0 Å². The minimum Gasteiger partial charge on any atom is -0.481 e. The van der Waals surface area contributed by atoms with E-state index in [1.54, 1.807) is 23.7 Å². The van der Waals surface area contributed by atoms with E-state index in [9.17, 15) is 14.4 Å². The van der Waals surface area contributed by atoms with Crippen LogP contribution in [0.5, 0.6) is 0 Å². The average molecular weight is 317 g/mol. The number of carbonyl (C=O) groups is 3. The summed E-state index contributed by atoms with van der Waals surface area (Å²) in [6, 6.07) is -1.18. The minimum atomic E-state index is -1.09. The third-order valence-corrected chi connectivity index (χ3v) is 4.29. The van der Waals surface area contributed by atoms with E-state index < -0.39 is 17.9 Å². The summed E-state index contributed by atoms with van der Waals surface area (Å²) < 4.78 is 0. The first-order chi connectivity index (χ1) is 9.88. The highest BCUT2D eigenvalue weighted by Crippen LogP contribution is 2.15. The molecule has 0 aromatic heterocycles. The lowest BCUT2D eigenvalue weighted by molar-refractivity contribution is -0.142. The molecule has 1 fully saturated rings. The van der Waals surface area contributed by atoms with Crippen LogP contribution in [-0.2, 0) is 9.59 Å². The van der Waals surface area contributed by atoms with E-state index in [2.05, 4.69) is 5.32 Å². The Morgan fingerprint density at radius 3 is 2.81 bits per heavy atom. The van der Waals surface area contributed by atoms with Gasteiger partial charge in [-0.15, -0.1) is 0 Å². The molecule has 2 atom stereocenters. The van der Waals surface area contributed by atoms with Crippen LogP contribution < -0.4 is 5.32 Å². The third-order valence-electron chi connectivity index (χ3n) is 3.65. The van der Waals surface area contributed by atoms with E-state index in [0.29, 0.717) is 13.1 Å². The van der Waals surface area contributed by atoms with Crippen molar-refractivity contribution >= 4 is 29.7 Å². The predicted molar refractivity (Wildman–Crippen MR) is 81.4 cm³/mol. The Balaban J connectivity index is 2.76. The summed E-state index contributed by atoms with van der Waals surface area (Å²) in [6.45, 7) is 2.64. The van der Waals surface area contributed by atoms with Gasteiger partial charge in [0.1, 0.15) is 6.04 Å². The Kier molecular flexibility index (Phi) is 6.80. The second-order valence-electron chi connectivity index (χ2n) is 5.12. The first kappa shape index (κ1) is 17.6. The van der Waals surface area contributed by atoms with Crippen LogP contribution in [0.25, 0.3) is 0 Å². The van der Waals surface area contributed by atoms with Crippen LogP contribution in [0.1, 0.15) is 19.8 Å². The number of urea groups is 1. The number of nitrogens with zero attached hydrogens (tertiary/aromatic N) is 2. The lowest BCUT2D eigenvalue weighted by atomic mass is 10.1. The lowest BCUT2D eigenvalue weighted by Crippen LogP contribution is -2.60. The zero-order chi connectivity index (χ0) is 16.0. The molecule has 0 aliphatic carbocycles. The molecule has 0 bridgehead atoms. The molecule has 1 aliphatic rings. The second kappa shape index (κ2) is 8.11. The van der Waals surface area contributed by atoms with E-state index in [-0.39, 0.29) is 18.5 Å². The van der Waals surface area contributed by atoms with Gasteiger partial charge in [-0.3, -0.25) is 9.59 Å². The van der Waals surface area contributed by atoms with Crippen molar-refractivity contribution in [2.75, 3.05) is 32.1 Å². The molecule has 0 aromatic carbocycles. The number of rotatable bonds is 6. The highest BCUT2D eigenvalue weighted by Gasteiger charge is 2.36. The number of piperazine rings is 1. The molecule has 7 nitrogen and oxygen atoms in total. The molecule has 8 heteroatoms. The van der Waals surface area contributed by atoms with Crippen molar-refractivity contribution in [1.29, 1.82) is 0 Å². The van der Waals surface area contributed by atoms with Gasteiger partial charge in [-0.1, -0.05) is 0 Å².